The normalized spacial score (nSPS) is 16.5. The van der Waals surface area contributed by atoms with Crippen molar-refractivity contribution in [3.05, 3.63) is 0 Å². The number of hydrogen-bond acceptors (Lipinski definition) is 2. The van der Waals surface area contributed by atoms with E-state index in [1.165, 1.54) is 0 Å². The van der Waals surface area contributed by atoms with Gasteiger partial charge in [-0.05, 0) is 19.5 Å². The lowest BCUT2D eigenvalue weighted by molar-refractivity contribution is -0.129. The van der Waals surface area contributed by atoms with Crippen molar-refractivity contribution < 1.29 is 17.2 Å². The van der Waals surface area contributed by atoms with Gasteiger partial charge in [-0.3, -0.25) is 9.69 Å². The third-order valence-electron chi connectivity index (χ3n) is 2.44. The third kappa shape index (κ3) is 3.53. The maximum Gasteiger partial charge on any atom is 0.223 e. The molecule has 4 heteroatoms. The molecule has 0 atom stereocenters. The molecule has 1 aliphatic heterocycles. The first-order valence-electron chi connectivity index (χ1n) is 4.78. The molecule has 1 rings (SSSR count). The van der Waals surface area contributed by atoms with E-state index in [2.05, 4.69) is 18.7 Å². The molecule has 0 aromatic heterocycles. The van der Waals surface area contributed by atoms with Crippen molar-refractivity contribution in [2.45, 2.75) is 26.7 Å². The Morgan fingerprint density at radius 2 is 2.00 bits per heavy atom. The molecular weight excluding hydrogens is 188 g/mol. The van der Waals surface area contributed by atoms with Gasteiger partial charge in [-0.2, -0.15) is 0 Å². The maximum atomic E-state index is 11.2. The van der Waals surface area contributed by atoms with E-state index in [0.29, 0.717) is 5.91 Å². The Bertz CT molecular complexity index is 160. The van der Waals surface area contributed by atoms with Gasteiger partial charge in [0, 0.05) is 13.0 Å². The first-order valence-corrected chi connectivity index (χ1v) is 4.78. The molecule has 1 fully saturated rings. The second-order valence-corrected chi connectivity index (χ2v) is 3.21. The van der Waals surface area contributed by atoms with Crippen LogP contribution in [0.3, 0.4) is 0 Å². The van der Waals surface area contributed by atoms with E-state index in [1.54, 1.807) is 0 Å². The van der Waals surface area contributed by atoms with Crippen molar-refractivity contribution in [3.63, 3.8) is 0 Å². The quantitative estimate of drug-likeness (QED) is 0.526. The van der Waals surface area contributed by atoms with E-state index in [1.807, 2.05) is 4.90 Å². The Hall–Kier alpha value is -0.280. The number of rotatable bonds is 4. The van der Waals surface area contributed by atoms with Crippen molar-refractivity contribution in [3.8, 4) is 0 Å². The molecule has 1 heterocycles. The summed E-state index contributed by atoms with van der Waals surface area (Å²) in [7, 11) is 0. The number of carbonyl (C=O) groups is 1. The van der Waals surface area contributed by atoms with Crippen molar-refractivity contribution in [2.75, 3.05) is 26.3 Å². The van der Waals surface area contributed by atoms with Crippen molar-refractivity contribution in [2.24, 2.45) is 0 Å². The van der Waals surface area contributed by atoms with Crippen molar-refractivity contribution >= 4 is 5.91 Å². The van der Waals surface area contributed by atoms with Gasteiger partial charge in [-0.25, -0.2) is 0 Å². The SMILES string of the molecule is CCN(CC)CN1CCCC1=O.[Cl-]. The number of nitrogens with zero attached hydrogens (tertiary/aromatic N) is 2. The monoisotopic (exact) mass is 205 g/mol. The van der Waals surface area contributed by atoms with Crippen LogP contribution in [-0.4, -0.2) is 42.0 Å². The van der Waals surface area contributed by atoms with E-state index in [4.69, 9.17) is 0 Å². The number of halogens is 1. The van der Waals surface area contributed by atoms with Gasteiger partial charge in [0.25, 0.3) is 0 Å². The molecule has 13 heavy (non-hydrogen) atoms. The van der Waals surface area contributed by atoms with Crippen LogP contribution in [0.2, 0.25) is 0 Å². The fourth-order valence-corrected chi connectivity index (χ4v) is 1.52. The topological polar surface area (TPSA) is 23.6 Å². The minimum atomic E-state index is 0. The summed E-state index contributed by atoms with van der Waals surface area (Å²) in [5.74, 6) is 0.321. The van der Waals surface area contributed by atoms with Crippen LogP contribution < -0.4 is 12.4 Å². The van der Waals surface area contributed by atoms with Gasteiger partial charge in [-0.15, -0.1) is 0 Å². The van der Waals surface area contributed by atoms with Crippen molar-refractivity contribution in [1.82, 2.24) is 9.80 Å². The lowest BCUT2D eigenvalue weighted by Gasteiger charge is -2.25. The molecule has 0 radical (unpaired) electrons. The van der Waals surface area contributed by atoms with Crippen LogP contribution in [0.1, 0.15) is 26.7 Å². The fraction of sp³-hybridized carbons (Fsp3) is 0.889. The zero-order valence-corrected chi connectivity index (χ0v) is 9.18. The van der Waals surface area contributed by atoms with Gasteiger partial charge in [0.2, 0.25) is 5.91 Å². The second-order valence-electron chi connectivity index (χ2n) is 3.21. The summed E-state index contributed by atoms with van der Waals surface area (Å²) in [6, 6.07) is 0. The standard InChI is InChI=1S/C9H18N2O.ClH/c1-3-10(4-2)8-11-7-5-6-9(11)12;/h3-8H2,1-2H3;1H/p-1. The Kier molecular flexibility index (Phi) is 6.08. The summed E-state index contributed by atoms with van der Waals surface area (Å²) < 4.78 is 0. The minimum absolute atomic E-state index is 0. The molecule has 1 aliphatic rings. The highest BCUT2D eigenvalue weighted by molar-refractivity contribution is 5.77. The molecule has 0 spiro atoms. The minimum Gasteiger partial charge on any atom is -1.00 e. The van der Waals surface area contributed by atoms with E-state index < -0.39 is 0 Å². The lowest BCUT2D eigenvalue weighted by Crippen LogP contribution is -3.00. The van der Waals surface area contributed by atoms with E-state index >= 15 is 0 Å². The summed E-state index contributed by atoms with van der Waals surface area (Å²) in [5, 5.41) is 0. The third-order valence-corrected chi connectivity index (χ3v) is 2.44. The molecule has 1 saturated heterocycles. The Morgan fingerprint density at radius 3 is 2.38 bits per heavy atom. The van der Waals surface area contributed by atoms with Gasteiger partial charge < -0.3 is 17.3 Å². The van der Waals surface area contributed by atoms with Crippen LogP contribution in [0.5, 0.6) is 0 Å². The average molecular weight is 206 g/mol. The lowest BCUT2D eigenvalue weighted by atomic mass is 10.4. The summed E-state index contributed by atoms with van der Waals surface area (Å²) >= 11 is 0. The molecule has 0 N–H and O–H groups in total. The molecule has 0 unspecified atom stereocenters. The van der Waals surface area contributed by atoms with Gasteiger partial charge in [0.15, 0.2) is 0 Å². The Labute approximate surface area is 86.5 Å². The molecule has 0 aromatic rings. The zero-order valence-electron chi connectivity index (χ0n) is 8.42. The predicted octanol–water partition coefficient (Wildman–Crippen LogP) is -2.09. The van der Waals surface area contributed by atoms with Gasteiger partial charge in [0.05, 0.1) is 6.67 Å². The van der Waals surface area contributed by atoms with Gasteiger partial charge in [0.1, 0.15) is 0 Å². The Balaban J connectivity index is 0.00000144. The largest absolute Gasteiger partial charge is 1.00 e. The molecule has 0 bridgehead atoms. The number of amides is 1. The first-order chi connectivity index (χ1) is 5.77. The number of carbonyl (C=O) groups excluding carboxylic acids is 1. The van der Waals surface area contributed by atoms with Crippen LogP contribution in [0, 0.1) is 0 Å². The van der Waals surface area contributed by atoms with Crippen LogP contribution in [0.4, 0.5) is 0 Å². The Morgan fingerprint density at radius 1 is 1.38 bits per heavy atom. The number of likely N-dealkylation sites (tertiary alicyclic amines) is 1. The highest BCUT2D eigenvalue weighted by Gasteiger charge is 2.20. The molecule has 0 aliphatic carbocycles. The van der Waals surface area contributed by atoms with Crippen LogP contribution in [0.25, 0.3) is 0 Å². The van der Waals surface area contributed by atoms with E-state index in [-0.39, 0.29) is 12.4 Å². The predicted molar refractivity (Wildman–Crippen MR) is 48.7 cm³/mol. The number of hydrogen-bond donors (Lipinski definition) is 0. The summed E-state index contributed by atoms with van der Waals surface area (Å²) in [6.07, 6.45) is 1.79. The second kappa shape index (κ2) is 6.22. The molecule has 78 valence electrons. The molecule has 3 nitrogen and oxygen atoms in total. The molecular formula is C9H18ClN2O-. The summed E-state index contributed by atoms with van der Waals surface area (Å²) in [5.41, 5.74) is 0. The molecule has 0 saturated carbocycles. The van der Waals surface area contributed by atoms with Gasteiger partial charge >= 0.3 is 0 Å². The first kappa shape index (κ1) is 12.7. The van der Waals surface area contributed by atoms with E-state index in [9.17, 15) is 4.79 Å². The molecule has 1 amide bonds. The molecule has 0 aromatic carbocycles. The maximum absolute atomic E-state index is 11.2. The zero-order chi connectivity index (χ0) is 8.97. The fourth-order valence-electron chi connectivity index (χ4n) is 1.52. The van der Waals surface area contributed by atoms with Crippen LogP contribution >= 0.6 is 0 Å². The van der Waals surface area contributed by atoms with Crippen molar-refractivity contribution in [1.29, 1.82) is 0 Å². The smallest absolute Gasteiger partial charge is 0.223 e. The van der Waals surface area contributed by atoms with E-state index in [0.717, 1.165) is 39.1 Å². The summed E-state index contributed by atoms with van der Waals surface area (Å²) in [6.45, 7) is 8.09. The van der Waals surface area contributed by atoms with Gasteiger partial charge in [-0.1, -0.05) is 13.8 Å². The van der Waals surface area contributed by atoms with Crippen LogP contribution in [-0.2, 0) is 4.79 Å². The van der Waals surface area contributed by atoms with Crippen LogP contribution in [0.15, 0.2) is 0 Å². The average Bonchev–Trinajstić information content (AvgIpc) is 2.47. The summed E-state index contributed by atoms with van der Waals surface area (Å²) in [4.78, 5) is 15.5. The highest BCUT2D eigenvalue weighted by Crippen LogP contribution is 2.09. The highest BCUT2D eigenvalue weighted by atomic mass is 35.5.